The summed E-state index contributed by atoms with van der Waals surface area (Å²) in [5.41, 5.74) is 4.55. The molecule has 1 aromatic heterocycles. The Morgan fingerprint density at radius 2 is 1.98 bits per heavy atom. The maximum absolute atomic E-state index is 13.7. The van der Waals surface area contributed by atoms with Gasteiger partial charge in [-0.2, -0.15) is 5.10 Å². The number of amides is 2. The van der Waals surface area contributed by atoms with Gasteiger partial charge in [-0.1, -0.05) is 18.9 Å². The summed E-state index contributed by atoms with van der Waals surface area (Å²) < 4.78 is 30.7. The first-order valence-electron chi connectivity index (χ1n) is 14.5. The molecule has 3 aliphatic heterocycles. The van der Waals surface area contributed by atoms with Crippen molar-refractivity contribution in [1.82, 2.24) is 15.1 Å². The second-order valence-electron chi connectivity index (χ2n) is 12.8. The van der Waals surface area contributed by atoms with Gasteiger partial charge in [-0.25, -0.2) is 13.1 Å². The monoisotopic (exact) mass is 567 g/mol. The van der Waals surface area contributed by atoms with Gasteiger partial charge in [0, 0.05) is 56.6 Å². The SMILES string of the molecule is CS(=O)(=O)CC(=O)Nc1c2c(nn1CCC1CC1)C[C@@]1(CCc3cc(N4CC5(CCOCC5)C4)ccc31)NC2=O. The van der Waals surface area contributed by atoms with E-state index in [1.807, 2.05) is 0 Å². The zero-order valence-corrected chi connectivity index (χ0v) is 23.8. The Kier molecular flexibility index (Phi) is 6.05. The number of benzene rings is 1. The Morgan fingerprint density at radius 1 is 1.20 bits per heavy atom. The van der Waals surface area contributed by atoms with E-state index < -0.39 is 27.0 Å². The minimum atomic E-state index is -3.51. The minimum Gasteiger partial charge on any atom is -0.381 e. The van der Waals surface area contributed by atoms with Crippen molar-refractivity contribution in [2.24, 2.45) is 11.3 Å². The van der Waals surface area contributed by atoms with E-state index in [-0.39, 0.29) is 5.91 Å². The molecule has 2 N–H and O–H groups in total. The van der Waals surface area contributed by atoms with Gasteiger partial charge in [0.05, 0.1) is 11.2 Å². The molecule has 10 nitrogen and oxygen atoms in total. The number of rotatable bonds is 7. The first-order chi connectivity index (χ1) is 19.1. The molecule has 2 saturated heterocycles. The number of hydrogen-bond donors (Lipinski definition) is 2. The fraction of sp³-hybridized carbons (Fsp3) is 0.621. The Balaban J connectivity index is 1.14. The average Bonchev–Trinajstić information content (AvgIpc) is 3.57. The summed E-state index contributed by atoms with van der Waals surface area (Å²) in [5.74, 6) is -0.606. The van der Waals surface area contributed by atoms with Gasteiger partial charge in [0.1, 0.15) is 17.1 Å². The summed E-state index contributed by atoms with van der Waals surface area (Å²) in [7, 11) is -3.51. The summed E-state index contributed by atoms with van der Waals surface area (Å²) in [6.45, 7) is 4.46. The Hall–Kier alpha value is -2.92. The summed E-state index contributed by atoms with van der Waals surface area (Å²) >= 11 is 0. The predicted octanol–water partition coefficient (Wildman–Crippen LogP) is 2.41. The lowest BCUT2D eigenvalue weighted by Gasteiger charge is -2.53. The van der Waals surface area contributed by atoms with E-state index in [2.05, 4.69) is 33.7 Å². The van der Waals surface area contributed by atoms with Crippen molar-refractivity contribution < 1.29 is 22.7 Å². The highest BCUT2D eigenvalue weighted by atomic mass is 32.2. The van der Waals surface area contributed by atoms with Gasteiger partial charge < -0.3 is 20.3 Å². The standard InChI is InChI=1S/C29H37N5O5S/c1-40(37,38)16-24(35)30-26-25-23(32-34(26)11-7-19-2-3-19)15-29(31-27(25)36)8-6-20-14-21(4-5-22(20)29)33-17-28(18-33)9-12-39-13-10-28/h4-5,14,19H,2-3,6-13,15-18H2,1H3,(H,30,35)(H,31,36)/t29-/m1/s1. The van der Waals surface area contributed by atoms with E-state index in [0.29, 0.717) is 41.4 Å². The van der Waals surface area contributed by atoms with Crippen molar-refractivity contribution in [3.63, 3.8) is 0 Å². The Labute approximate surface area is 234 Å². The van der Waals surface area contributed by atoms with Crippen LogP contribution in [0.25, 0.3) is 0 Å². The van der Waals surface area contributed by atoms with Crippen LogP contribution >= 0.6 is 0 Å². The highest BCUT2D eigenvalue weighted by molar-refractivity contribution is 7.91. The molecule has 7 rings (SSSR count). The second-order valence-corrected chi connectivity index (χ2v) is 14.9. The molecule has 4 heterocycles. The lowest BCUT2D eigenvalue weighted by atomic mass is 9.73. The number of nitrogens with one attached hydrogen (secondary N) is 2. The van der Waals surface area contributed by atoms with E-state index in [1.54, 1.807) is 4.68 Å². The topological polar surface area (TPSA) is 123 Å². The molecule has 0 radical (unpaired) electrons. The summed E-state index contributed by atoms with van der Waals surface area (Å²) in [6, 6.07) is 6.66. The summed E-state index contributed by atoms with van der Waals surface area (Å²) in [5, 5.41) is 10.8. The van der Waals surface area contributed by atoms with Crippen LogP contribution in [0.4, 0.5) is 11.5 Å². The third kappa shape index (κ3) is 4.70. The van der Waals surface area contributed by atoms with Crippen LogP contribution < -0.4 is 15.5 Å². The Morgan fingerprint density at radius 3 is 2.70 bits per heavy atom. The fourth-order valence-corrected chi connectivity index (χ4v) is 7.75. The molecule has 1 saturated carbocycles. The van der Waals surface area contributed by atoms with Gasteiger partial charge in [-0.15, -0.1) is 0 Å². The normalized spacial score (nSPS) is 24.9. The number of carbonyl (C=O) groups is 2. The molecule has 40 heavy (non-hydrogen) atoms. The number of aryl methyl sites for hydroxylation is 2. The minimum absolute atomic E-state index is 0.269. The number of aromatic nitrogens is 2. The maximum atomic E-state index is 13.7. The quantitative estimate of drug-likeness (QED) is 0.527. The first-order valence-corrected chi connectivity index (χ1v) is 16.5. The van der Waals surface area contributed by atoms with E-state index in [9.17, 15) is 18.0 Å². The third-order valence-corrected chi connectivity index (χ3v) is 10.4. The molecule has 1 aromatic carbocycles. The third-order valence-electron chi connectivity index (χ3n) is 9.57. The molecule has 2 aromatic rings. The average molecular weight is 568 g/mol. The number of fused-ring (bicyclic) bond motifs is 3. The molecular weight excluding hydrogens is 530 g/mol. The number of anilines is 2. The molecule has 214 valence electrons. The van der Waals surface area contributed by atoms with E-state index in [4.69, 9.17) is 9.84 Å². The van der Waals surface area contributed by atoms with Gasteiger partial charge in [0.25, 0.3) is 5.91 Å². The lowest BCUT2D eigenvalue weighted by Crippen LogP contribution is -2.58. The van der Waals surface area contributed by atoms with Crippen molar-refractivity contribution in [1.29, 1.82) is 0 Å². The van der Waals surface area contributed by atoms with Crippen LogP contribution in [0.2, 0.25) is 0 Å². The number of hydrogen-bond acceptors (Lipinski definition) is 7. The maximum Gasteiger partial charge on any atom is 0.257 e. The molecule has 5 aliphatic rings. The predicted molar refractivity (Wildman–Crippen MR) is 150 cm³/mol. The van der Waals surface area contributed by atoms with Crippen LogP contribution in [0.3, 0.4) is 0 Å². The molecule has 1 atom stereocenters. The number of carbonyl (C=O) groups excluding carboxylic acids is 2. The highest BCUT2D eigenvalue weighted by Gasteiger charge is 2.48. The van der Waals surface area contributed by atoms with Gasteiger partial charge >= 0.3 is 0 Å². The first kappa shape index (κ1) is 26.0. The van der Waals surface area contributed by atoms with Crippen LogP contribution in [0.15, 0.2) is 18.2 Å². The molecule has 2 amide bonds. The molecule has 3 fully saturated rings. The Bertz CT molecular complexity index is 1480. The van der Waals surface area contributed by atoms with Crippen LogP contribution in [-0.2, 0) is 44.3 Å². The zero-order valence-electron chi connectivity index (χ0n) is 23.0. The van der Waals surface area contributed by atoms with Crippen LogP contribution in [0, 0.1) is 11.3 Å². The summed E-state index contributed by atoms with van der Waals surface area (Å²) in [4.78, 5) is 28.7. The number of sulfone groups is 1. The fourth-order valence-electron chi connectivity index (χ4n) is 7.20. The van der Waals surface area contributed by atoms with Gasteiger partial charge in [0.15, 0.2) is 9.84 Å². The number of nitrogens with zero attached hydrogens (tertiary/aromatic N) is 3. The van der Waals surface area contributed by atoms with Crippen LogP contribution in [0.1, 0.15) is 65.7 Å². The smallest absolute Gasteiger partial charge is 0.257 e. The summed E-state index contributed by atoms with van der Waals surface area (Å²) in [6.07, 6.45) is 8.80. The molecule has 0 unspecified atom stereocenters. The van der Waals surface area contributed by atoms with Crippen molar-refractivity contribution in [2.75, 3.05) is 48.5 Å². The zero-order chi connectivity index (χ0) is 27.7. The van der Waals surface area contributed by atoms with Gasteiger partial charge in [-0.05, 0) is 61.3 Å². The second kappa shape index (κ2) is 9.30. The molecule has 2 spiro atoms. The van der Waals surface area contributed by atoms with Crippen LogP contribution in [-0.4, -0.2) is 68.3 Å². The van der Waals surface area contributed by atoms with Crippen molar-refractivity contribution in [3.8, 4) is 0 Å². The molecular formula is C29H37N5O5S. The number of ether oxygens (including phenoxy) is 1. The molecule has 11 heteroatoms. The van der Waals surface area contributed by atoms with E-state index >= 15 is 0 Å². The highest BCUT2D eigenvalue weighted by Crippen LogP contribution is 2.47. The van der Waals surface area contributed by atoms with Crippen molar-refractivity contribution in [3.05, 3.63) is 40.6 Å². The van der Waals surface area contributed by atoms with Gasteiger partial charge in [-0.3, -0.25) is 9.59 Å². The van der Waals surface area contributed by atoms with E-state index in [1.165, 1.54) is 24.1 Å². The van der Waals surface area contributed by atoms with Crippen LogP contribution in [0.5, 0.6) is 0 Å². The lowest BCUT2D eigenvalue weighted by molar-refractivity contribution is -0.113. The molecule has 0 bridgehead atoms. The van der Waals surface area contributed by atoms with Gasteiger partial charge in [0.2, 0.25) is 5.91 Å². The molecule has 2 aliphatic carbocycles. The van der Waals surface area contributed by atoms with E-state index in [0.717, 1.165) is 70.2 Å². The van der Waals surface area contributed by atoms with Crippen molar-refractivity contribution >= 4 is 33.2 Å². The van der Waals surface area contributed by atoms with Crippen molar-refractivity contribution in [2.45, 2.75) is 63.5 Å². The largest absolute Gasteiger partial charge is 0.381 e.